The SMILES string of the molecule is CC(C)CC1(F)CC2CCC(C1)N2. The molecule has 2 aliphatic rings. The van der Waals surface area contributed by atoms with E-state index in [4.69, 9.17) is 0 Å². The van der Waals surface area contributed by atoms with Crippen LogP contribution in [0.25, 0.3) is 0 Å². The average Bonchev–Trinajstić information content (AvgIpc) is 2.27. The van der Waals surface area contributed by atoms with Crippen molar-refractivity contribution in [1.29, 1.82) is 0 Å². The zero-order valence-corrected chi connectivity index (χ0v) is 8.65. The third-order valence-electron chi connectivity index (χ3n) is 3.33. The molecule has 0 aromatic carbocycles. The summed E-state index contributed by atoms with van der Waals surface area (Å²) in [7, 11) is 0. The first-order chi connectivity index (χ1) is 6.07. The quantitative estimate of drug-likeness (QED) is 0.697. The van der Waals surface area contributed by atoms with E-state index in [1.807, 2.05) is 0 Å². The van der Waals surface area contributed by atoms with E-state index in [1.54, 1.807) is 0 Å². The summed E-state index contributed by atoms with van der Waals surface area (Å²) in [5.74, 6) is 0.488. The van der Waals surface area contributed by atoms with Gasteiger partial charge in [0.05, 0.1) is 0 Å². The summed E-state index contributed by atoms with van der Waals surface area (Å²) in [6, 6.07) is 0.949. The zero-order chi connectivity index (χ0) is 9.47. The van der Waals surface area contributed by atoms with Crippen molar-refractivity contribution in [3.8, 4) is 0 Å². The molecule has 2 aliphatic heterocycles. The van der Waals surface area contributed by atoms with Crippen LogP contribution in [0.15, 0.2) is 0 Å². The molecule has 0 aromatic rings. The first kappa shape index (κ1) is 9.45. The van der Waals surface area contributed by atoms with Gasteiger partial charge < -0.3 is 5.32 Å². The Morgan fingerprint density at radius 2 is 1.85 bits per heavy atom. The average molecular weight is 185 g/mol. The highest BCUT2D eigenvalue weighted by Gasteiger charge is 2.43. The highest BCUT2D eigenvalue weighted by Crippen LogP contribution is 2.40. The zero-order valence-electron chi connectivity index (χ0n) is 8.65. The monoisotopic (exact) mass is 185 g/mol. The van der Waals surface area contributed by atoms with Crippen LogP contribution in [-0.4, -0.2) is 17.8 Å². The Kier molecular flexibility index (Phi) is 2.35. The second kappa shape index (κ2) is 3.23. The third-order valence-corrected chi connectivity index (χ3v) is 3.33. The molecule has 13 heavy (non-hydrogen) atoms. The molecule has 0 saturated carbocycles. The van der Waals surface area contributed by atoms with Crippen LogP contribution in [0.2, 0.25) is 0 Å². The number of piperidine rings is 1. The van der Waals surface area contributed by atoms with Gasteiger partial charge >= 0.3 is 0 Å². The Morgan fingerprint density at radius 3 is 2.31 bits per heavy atom. The predicted octanol–water partition coefficient (Wildman–Crippen LogP) is 2.66. The van der Waals surface area contributed by atoms with Gasteiger partial charge in [0, 0.05) is 12.1 Å². The molecule has 2 heteroatoms. The molecular formula is C11H20FN. The molecule has 1 nitrogen and oxygen atoms in total. The van der Waals surface area contributed by atoms with Crippen LogP contribution in [0.4, 0.5) is 4.39 Å². The van der Waals surface area contributed by atoms with Crippen molar-refractivity contribution >= 4 is 0 Å². The topological polar surface area (TPSA) is 12.0 Å². The predicted molar refractivity (Wildman–Crippen MR) is 52.5 cm³/mol. The van der Waals surface area contributed by atoms with Crippen molar-refractivity contribution in [2.24, 2.45) is 5.92 Å². The smallest absolute Gasteiger partial charge is 0.114 e. The molecular weight excluding hydrogens is 165 g/mol. The Morgan fingerprint density at radius 1 is 1.31 bits per heavy atom. The van der Waals surface area contributed by atoms with Gasteiger partial charge in [0.1, 0.15) is 5.67 Å². The molecule has 0 aliphatic carbocycles. The number of fused-ring (bicyclic) bond motifs is 2. The summed E-state index contributed by atoms with van der Waals surface area (Å²) < 4.78 is 14.3. The molecule has 76 valence electrons. The van der Waals surface area contributed by atoms with E-state index < -0.39 is 5.67 Å². The van der Waals surface area contributed by atoms with Crippen LogP contribution >= 0.6 is 0 Å². The number of hydrogen-bond donors (Lipinski definition) is 1. The number of hydrogen-bond acceptors (Lipinski definition) is 1. The van der Waals surface area contributed by atoms with E-state index >= 15 is 0 Å². The molecule has 2 unspecified atom stereocenters. The summed E-state index contributed by atoms with van der Waals surface area (Å²) in [4.78, 5) is 0. The van der Waals surface area contributed by atoms with Gasteiger partial charge in [-0.05, 0) is 38.0 Å². The lowest BCUT2D eigenvalue weighted by atomic mass is 9.83. The molecule has 2 bridgehead atoms. The van der Waals surface area contributed by atoms with E-state index in [1.165, 1.54) is 12.8 Å². The Bertz CT molecular complexity index is 179. The van der Waals surface area contributed by atoms with E-state index in [2.05, 4.69) is 19.2 Å². The summed E-state index contributed by atoms with van der Waals surface area (Å²) in [5.41, 5.74) is -0.856. The highest BCUT2D eigenvalue weighted by molar-refractivity contribution is 5.00. The Balaban J connectivity index is 1.99. The second-order valence-electron chi connectivity index (χ2n) is 5.29. The summed E-state index contributed by atoms with van der Waals surface area (Å²) in [6.45, 7) is 4.23. The van der Waals surface area contributed by atoms with Gasteiger partial charge in [-0.25, -0.2) is 4.39 Å². The largest absolute Gasteiger partial charge is 0.311 e. The maximum atomic E-state index is 14.3. The maximum absolute atomic E-state index is 14.3. The van der Waals surface area contributed by atoms with E-state index in [-0.39, 0.29) is 0 Å². The van der Waals surface area contributed by atoms with Gasteiger partial charge in [0.15, 0.2) is 0 Å². The Hall–Kier alpha value is -0.110. The van der Waals surface area contributed by atoms with Crippen molar-refractivity contribution in [2.75, 3.05) is 0 Å². The first-order valence-corrected chi connectivity index (χ1v) is 5.52. The third kappa shape index (κ3) is 2.04. The molecule has 2 saturated heterocycles. The fraction of sp³-hybridized carbons (Fsp3) is 1.00. The Labute approximate surface area is 80.1 Å². The molecule has 2 heterocycles. The summed E-state index contributed by atoms with van der Waals surface area (Å²) >= 11 is 0. The number of alkyl halides is 1. The fourth-order valence-corrected chi connectivity index (χ4v) is 3.09. The second-order valence-corrected chi connectivity index (χ2v) is 5.29. The van der Waals surface area contributed by atoms with Crippen molar-refractivity contribution in [3.63, 3.8) is 0 Å². The standard InChI is InChI=1S/C11H20FN/c1-8(2)5-11(12)6-9-3-4-10(7-11)13-9/h8-10,13H,3-7H2,1-2H3. The summed E-state index contributed by atoms with van der Waals surface area (Å²) in [6.07, 6.45) is 4.63. The molecule has 1 N–H and O–H groups in total. The molecule has 0 radical (unpaired) electrons. The van der Waals surface area contributed by atoms with Crippen molar-refractivity contribution < 1.29 is 4.39 Å². The minimum atomic E-state index is -0.856. The number of nitrogens with one attached hydrogen (secondary N) is 1. The molecule has 0 spiro atoms. The van der Waals surface area contributed by atoms with Crippen LogP contribution in [-0.2, 0) is 0 Å². The lowest BCUT2D eigenvalue weighted by molar-refractivity contribution is 0.0661. The molecule has 2 atom stereocenters. The van der Waals surface area contributed by atoms with E-state index in [0.717, 1.165) is 19.3 Å². The van der Waals surface area contributed by atoms with Crippen LogP contribution in [0, 0.1) is 5.92 Å². The molecule has 2 fully saturated rings. The van der Waals surface area contributed by atoms with Crippen molar-refractivity contribution in [3.05, 3.63) is 0 Å². The summed E-state index contributed by atoms with van der Waals surface area (Å²) in [5, 5.41) is 3.48. The van der Waals surface area contributed by atoms with Gasteiger partial charge in [0.25, 0.3) is 0 Å². The molecule has 0 aromatic heterocycles. The van der Waals surface area contributed by atoms with Crippen molar-refractivity contribution in [1.82, 2.24) is 5.32 Å². The molecule has 0 amide bonds. The van der Waals surface area contributed by atoms with Crippen molar-refractivity contribution in [2.45, 2.75) is 63.7 Å². The van der Waals surface area contributed by atoms with Gasteiger partial charge in [-0.15, -0.1) is 0 Å². The van der Waals surface area contributed by atoms with E-state index in [0.29, 0.717) is 18.0 Å². The minimum absolute atomic E-state index is 0.475. The highest BCUT2D eigenvalue weighted by atomic mass is 19.1. The van der Waals surface area contributed by atoms with Crippen LogP contribution in [0.5, 0.6) is 0 Å². The molecule has 2 rings (SSSR count). The van der Waals surface area contributed by atoms with Crippen LogP contribution in [0.3, 0.4) is 0 Å². The number of rotatable bonds is 2. The lowest BCUT2D eigenvalue weighted by Crippen LogP contribution is -2.46. The van der Waals surface area contributed by atoms with Gasteiger partial charge in [0.2, 0.25) is 0 Å². The van der Waals surface area contributed by atoms with Gasteiger partial charge in [-0.3, -0.25) is 0 Å². The van der Waals surface area contributed by atoms with Gasteiger partial charge in [-0.1, -0.05) is 13.8 Å². The lowest BCUT2D eigenvalue weighted by Gasteiger charge is -2.36. The fourth-order valence-electron chi connectivity index (χ4n) is 3.09. The van der Waals surface area contributed by atoms with Gasteiger partial charge in [-0.2, -0.15) is 0 Å². The maximum Gasteiger partial charge on any atom is 0.114 e. The van der Waals surface area contributed by atoms with Crippen LogP contribution < -0.4 is 5.32 Å². The first-order valence-electron chi connectivity index (χ1n) is 5.52. The number of halogens is 1. The normalized spacial score (nSPS) is 44.3. The van der Waals surface area contributed by atoms with Crippen LogP contribution in [0.1, 0.15) is 46.0 Å². The van der Waals surface area contributed by atoms with E-state index in [9.17, 15) is 4.39 Å². The minimum Gasteiger partial charge on any atom is -0.311 e.